The molecular formula is C19H15F2N5O. The molecule has 0 atom stereocenters. The molecule has 27 heavy (non-hydrogen) atoms. The Morgan fingerprint density at radius 3 is 2.74 bits per heavy atom. The van der Waals surface area contributed by atoms with Crippen LogP contribution >= 0.6 is 0 Å². The number of fused-ring (bicyclic) bond motifs is 1. The first-order valence-corrected chi connectivity index (χ1v) is 8.25. The van der Waals surface area contributed by atoms with E-state index in [4.69, 9.17) is 0 Å². The summed E-state index contributed by atoms with van der Waals surface area (Å²) in [5, 5.41) is 12.5. The van der Waals surface area contributed by atoms with Crippen molar-refractivity contribution in [1.82, 2.24) is 19.6 Å². The van der Waals surface area contributed by atoms with Crippen molar-refractivity contribution in [3.63, 3.8) is 0 Å². The minimum atomic E-state index is -2.88. The second-order valence-corrected chi connectivity index (χ2v) is 5.93. The molecule has 0 saturated heterocycles. The van der Waals surface area contributed by atoms with E-state index in [0.29, 0.717) is 11.2 Å². The lowest BCUT2D eigenvalue weighted by Gasteiger charge is -2.07. The maximum atomic E-state index is 12.8. The average molecular weight is 367 g/mol. The fraction of sp³-hybridized carbons (Fsp3) is 0.105. The van der Waals surface area contributed by atoms with Gasteiger partial charge in [0.2, 0.25) is 0 Å². The molecule has 4 aromatic rings. The summed E-state index contributed by atoms with van der Waals surface area (Å²) in [6.45, 7) is -2.36. The summed E-state index contributed by atoms with van der Waals surface area (Å²) in [5.41, 5.74) is 0.860. The fourth-order valence-corrected chi connectivity index (χ4v) is 2.95. The first-order chi connectivity index (χ1) is 13.1. The summed E-state index contributed by atoms with van der Waals surface area (Å²) in [6, 6.07) is 16.9. The number of rotatable bonds is 5. The number of carbonyl (C=O) groups is 1. The van der Waals surface area contributed by atoms with E-state index in [1.165, 1.54) is 6.07 Å². The molecular weight excluding hydrogens is 352 g/mol. The SMILES string of the molecule is O=C(Nc1ccn(Cc2cccc3ccccc23)n1)c1ccnn1C(F)F. The average Bonchev–Trinajstić information content (AvgIpc) is 3.32. The van der Waals surface area contributed by atoms with Crippen LogP contribution in [0, 0.1) is 0 Å². The van der Waals surface area contributed by atoms with Crippen molar-refractivity contribution in [2.75, 3.05) is 5.32 Å². The van der Waals surface area contributed by atoms with Crippen LogP contribution in [0.5, 0.6) is 0 Å². The number of aromatic nitrogens is 4. The molecule has 0 aliphatic rings. The largest absolute Gasteiger partial charge is 0.333 e. The number of carbonyl (C=O) groups excluding carboxylic acids is 1. The third kappa shape index (κ3) is 3.41. The van der Waals surface area contributed by atoms with E-state index in [1.54, 1.807) is 16.9 Å². The van der Waals surface area contributed by atoms with E-state index < -0.39 is 12.5 Å². The van der Waals surface area contributed by atoms with Crippen LogP contribution in [0.2, 0.25) is 0 Å². The number of nitrogens with one attached hydrogen (secondary N) is 1. The standard InChI is InChI=1S/C19H15F2N5O/c20-19(21)26-16(8-10-22-26)18(27)23-17-9-11-25(24-17)12-14-6-3-5-13-4-1-2-7-15(13)14/h1-11,19H,12H2,(H,23,24,27). The number of nitrogens with zero attached hydrogens (tertiary/aromatic N) is 4. The Kier molecular flexibility index (Phi) is 4.37. The van der Waals surface area contributed by atoms with E-state index in [9.17, 15) is 13.6 Å². The number of hydrogen-bond acceptors (Lipinski definition) is 3. The van der Waals surface area contributed by atoms with Gasteiger partial charge < -0.3 is 5.32 Å². The number of alkyl halides is 2. The minimum Gasteiger partial charge on any atom is -0.304 e. The molecule has 0 unspecified atom stereocenters. The molecule has 8 heteroatoms. The van der Waals surface area contributed by atoms with E-state index >= 15 is 0 Å². The number of anilines is 1. The Morgan fingerprint density at radius 1 is 1.07 bits per heavy atom. The second-order valence-electron chi connectivity index (χ2n) is 5.93. The zero-order valence-electron chi connectivity index (χ0n) is 14.1. The molecule has 0 fully saturated rings. The van der Waals surface area contributed by atoms with Crippen LogP contribution in [0.3, 0.4) is 0 Å². The highest BCUT2D eigenvalue weighted by Crippen LogP contribution is 2.20. The highest BCUT2D eigenvalue weighted by molar-refractivity contribution is 6.02. The second kappa shape index (κ2) is 6.99. The predicted molar refractivity (Wildman–Crippen MR) is 96.7 cm³/mol. The number of hydrogen-bond donors (Lipinski definition) is 1. The Bertz CT molecular complexity index is 1100. The smallest absolute Gasteiger partial charge is 0.304 e. The Hall–Kier alpha value is -3.55. The lowest BCUT2D eigenvalue weighted by molar-refractivity contribution is 0.0520. The van der Waals surface area contributed by atoms with Gasteiger partial charge in [-0.05, 0) is 22.4 Å². The van der Waals surface area contributed by atoms with Gasteiger partial charge in [-0.1, -0.05) is 42.5 Å². The molecule has 4 rings (SSSR count). The number of benzene rings is 2. The van der Waals surface area contributed by atoms with Crippen LogP contribution in [0.1, 0.15) is 22.6 Å². The van der Waals surface area contributed by atoms with Crippen LogP contribution in [0.15, 0.2) is 67.0 Å². The summed E-state index contributed by atoms with van der Waals surface area (Å²) in [4.78, 5) is 12.2. The maximum Gasteiger partial charge on any atom is 0.333 e. The fourth-order valence-electron chi connectivity index (χ4n) is 2.95. The minimum absolute atomic E-state index is 0.228. The molecule has 0 bridgehead atoms. The molecule has 1 amide bonds. The molecule has 0 aliphatic carbocycles. The van der Waals surface area contributed by atoms with Gasteiger partial charge in [0, 0.05) is 18.5 Å². The molecule has 2 aromatic heterocycles. The quantitative estimate of drug-likeness (QED) is 0.581. The van der Waals surface area contributed by atoms with Crippen molar-refractivity contribution >= 4 is 22.5 Å². The van der Waals surface area contributed by atoms with Crippen LogP contribution < -0.4 is 5.32 Å². The zero-order chi connectivity index (χ0) is 18.8. The van der Waals surface area contributed by atoms with E-state index in [0.717, 1.165) is 22.5 Å². The van der Waals surface area contributed by atoms with Gasteiger partial charge in [-0.2, -0.15) is 23.7 Å². The van der Waals surface area contributed by atoms with Crippen molar-refractivity contribution in [3.8, 4) is 0 Å². The normalized spacial score (nSPS) is 11.2. The lowest BCUT2D eigenvalue weighted by atomic mass is 10.0. The van der Waals surface area contributed by atoms with Gasteiger partial charge in [-0.25, -0.2) is 0 Å². The molecule has 2 aromatic carbocycles. The molecule has 6 nitrogen and oxygen atoms in total. The van der Waals surface area contributed by atoms with Crippen molar-refractivity contribution < 1.29 is 13.6 Å². The summed E-state index contributed by atoms with van der Waals surface area (Å²) < 4.78 is 27.7. The van der Waals surface area contributed by atoms with Gasteiger partial charge in [-0.15, -0.1) is 0 Å². The topological polar surface area (TPSA) is 64.7 Å². The molecule has 0 saturated carbocycles. The molecule has 2 heterocycles. The van der Waals surface area contributed by atoms with Crippen LogP contribution in [-0.4, -0.2) is 25.5 Å². The van der Waals surface area contributed by atoms with Crippen molar-refractivity contribution in [3.05, 3.63) is 78.2 Å². The first-order valence-electron chi connectivity index (χ1n) is 8.25. The summed E-state index contributed by atoms with van der Waals surface area (Å²) in [5.74, 6) is -0.412. The highest BCUT2D eigenvalue weighted by Gasteiger charge is 2.18. The predicted octanol–water partition coefficient (Wildman–Crippen LogP) is 3.93. The molecule has 0 aliphatic heterocycles. The summed E-state index contributed by atoms with van der Waals surface area (Å²) >= 11 is 0. The molecule has 136 valence electrons. The lowest BCUT2D eigenvalue weighted by Crippen LogP contribution is -2.18. The molecule has 0 radical (unpaired) electrons. The molecule has 0 spiro atoms. The summed E-state index contributed by atoms with van der Waals surface area (Å²) in [6.07, 6.45) is 2.88. The number of halogens is 2. The van der Waals surface area contributed by atoms with Crippen molar-refractivity contribution in [2.45, 2.75) is 13.1 Å². The monoisotopic (exact) mass is 367 g/mol. The highest BCUT2D eigenvalue weighted by atomic mass is 19.3. The first kappa shape index (κ1) is 16.9. The van der Waals surface area contributed by atoms with E-state index in [1.807, 2.05) is 42.5 Å². The molecule has 1 N–H and O–H groups in total. The zero-order valence-corrected chi connectivity index (χ0v) is 14.1. The van der Waals surface area contributed by atoms with Gasteiger partial charge in [-0.3, -0.25) is 9.48 Å². The Morgan fingerprint density at radius 2 is 1.89 bits per heavy atom. The van der Waals surface area contributed by atoms with Gasteiger partial charge in [0.15, 0.2) is 5.82 Å². The van der Waals surface area contributed by atoms with E-state index in [-0.39, 0.29) is 11.5 Å². The van der Waals surface area contributed by atoms with Crippen molar-refractivity contribution in [1.29, 1.82) is 0 Å². The third-order valence-corrected chi connectivity index (χ3v) is 4.18. The summed E-state index contributed by atoms with van der Waals surface area (Å²) in [7, 11) is 0. The third-order valence-electron chi connectivity index (χ3n) is 4.18. The number of amides is 1. The Balaban J connectivity index is 1.52. The Labute approximate surface area is 153 Å². The van der Waals surface area contributed by atoms with Gasteiger partial charge in [0.05, 0.1) is 6.54 Å². The van der Waals surface area contributed by atoms with Crippen LogP contribution in [0.4, 0.5) is 14.6 Å². The van der Waals surface area contributed by atoms with Gasteiger partial charge >= 0.3 is 6.55 Å². The van der Waals surface area contributed by atoms with Crippen LogP contribution in [-0.2, 0) is 6.54 Å². The van der Waals surface area contributed by atoms with Gasteiger partial charge in [0.1, 0.15) is 5.69 Å². The van der Waals surface area contributed by atoms with Crippen LogP contribution in [0.25, 0.3) is 10.8 Å². The van der Waals surface area contributed by atoms with E-state index in [2.05, 4.69) is 15.5 Å². The van der Waals surface area contributed by atoms with Crippen molar-refractivity contribution in [2.24, 2.45) is 0 Å². The van der Waals surface area contributed by atoms with Gasteiger partial charge in [0.25, 0.3) is 5.91 Å². The maximum absolute atomic E-state index is 12.8.